The number of piperidine rings is 1. The fraction of sp³-hybridized carbons (Fsp3) is 0.500. The molecule has 0 saturated carbocycles. The number of nitro groups is 1. The first-order valence-corrected chi connectivity index (χ1v) is 7.01. The van der Waals surface area contributed by atoms with Crippen molar-refractivity contribution in [2.24, 2.45) is 0 Å². The number of nitrogens with one attached hydrogen (secondary N) is 1. The lowest BCUT2D eigenvalue weighted by atomic mass is 10.1. The zero-order valence-electron chi connectivity index (χ0n) is 12.6. The molecule has 0 atom stereocenters. The number of methoxy groups -OCH3 is 1. The van der Waals surface area contributed by atoms with Crippen LogP contribution in [0.25, 0.3) is 0 Å². The number of carbonyl (C=O) groups excluding carboxylic acids is 1. The van der Waals surface area contributed by atoms with Gasteiger partial charge in [-0.15, -0.1) is 0 Å². The Labute approximate surface area is 128 Å². The third-order valence-corrected chi connectivity index (χ3v) is 3.64. The fourth-order valence-corrected chi connectivity index (χ4v) is 2.46. The predicted octanol–water partition coefficient (Wildman–Crippen LogP) is 1.93. The molecule has 1 amide bonds. The van der Waals surface area contributed by atoms with Gasteiger partial charge in [-0.25, -0.2) is 4.79 Å². The number of ether oxygens (including phenoxy) is 2. The maximum Gasteiger partial charge on any atom is 0.407 e. The van der Waals surface area contributed by atoms with E-state index < -0.39 is 11.0 Å². The van der Waals surface area contributed by atoms with Gasteiger partial charge in [-0.3, -0.25) is 10.1 Å². The molecule has 1 saturated heterocycles. The van der Waals surface area contributed by atoms with Gasteiger partial charge in [0.15, 0.2) is 5.75 Å². The molecule has 1 heterocycles. The van der Waals surface area contributed by atoms with E-state index >= 15 is 0 Å². The van der Waals surface area contributed by atoms with E-state index in [0.717, 1.165) is 5.69 Å². The van der Waals surface area contributed by atoms with E-state index in [4.69, 9.17) is 9.47 Å². The zero-order chi connectivity index (χ0) is 16.1. The van der Waals surface area contributed by atoms with Gasteiger partial charge in [-0.1, -0.05) is 0 Å². The minimum atomic E-state index is -0.466. The van der Waals surface area contributed by atoms with E-state index in [1.165, 1.54) is 20.2 Å². The second-order valence-electron chi connectivity index (χ2n) is 4.95. The van der Waals surface area contributed by atoms with Gasteiger partial charge in [0.25, 0.3) is 0 Å². The molecule has 0 unspecified atom stereocenters. The van der Waals surface area contributed by atoms with Gasteiger partial charge in [-0.2, -0.15) is 0 Å². The van der Waals surface area contributed by atoms with Crippen LogP contribution in [0.15, 0.2) is 18.2 Å². The predicted molar refractivity (Wildman–Crippen MR) is 80.4 cm³/mol. The molecule has 22 heavy (non-hydrogen) atoms. The Hall–Kier alpha value is -2.51. The van der Waals surface area contributed by atoms with Crippen molar-refractivity contribution in [1.82, 2.24) is 5.32 Å². The average Bonchev–Trinajstić information content (AvgIpc) is 2.54. The molecule has 1 aliphatic heterocycles. The first kappa shape index (κ1) is 15.9. The summed E-state index contributed by atoms with van der Waals surface area (Å²) in [7, 11) is 2.94. The van der Waals surface area contributed by atoms with Crippen LogP contribution in [-0.4, -0.2) is 44.4 Å². The van der Waals surface area contributed by atoms with Crippen LogP contribution in [0.5, 0.6) is 5.75 Å². The third kappa shape index (κ3) is 3.57. The molecule has 8 heteroatoms. The molecule has 1 aromatic carbocycles. The largest absolute Gasteiger partial charge is 0.490 e. The molecular formula is C14H19N3O5. The van der Waals surface area contributed by atoms with Crippen LogP contribution in [0.1, 0.15) is 12.8 Å². The van der Waals surface area contributed by atoms with Crippen molar-refractivity contribution < 1.29 is 19.2 Å². The summed E-state index contributed by atoms with van der Waals surface area (Å²) in [4.78, 5) is 23.7. The van der Waals surface area contributed by atoms with Crippen molar-refractivity contribution in [3.8, 4) is 5.75 Å². The van der Waals surface area contributed by atoms with Gasteiger partial charge in [0, 0.05) is 50.8 Å². The number of rotatable bonds is 4. The molecule has 0 aliphatic carbocycles. The Morgan fingerprint density at radius 2 is 2.09 bits per heavy atom. The number of anilines is 1. The summed E-state index contributed by atoms with van der Waals surface area (Å²) in [6.45, 7) is 1.42. The maximum atomic E-state index is 11.2. The number of amides is 1. The van der Waals surface area contributed by atoms with Crippen LogP contribution in [0, 0.1) is 10.1 Å². The topological polar surface area (TPSA) is 93.9 Å². The van der Waals surface area contributed by atoms with Crippen LogP contribution < -0.4 is 15.0 Å². The summed E-state index contributed by atoms with van der Waals surface area (Å²) < 4.78 is 10.3. The molecule has 1 fully saturated rings. The summed E-state index contributed by atoms with van der Waals surface area (Å²) in [5.74, 6) is 0.242. The molecule has 8 nitrogen and oxygen atoms in total. The molecule has 1 aliphatic rings. The molecule has 1 aromatic rings. The lowest BCUT2D eigenvalue weighted by Crippen LogP contribution is -2.39. The van der Waals surface area contributed by atoms with E-state index in [0.29, 0.717) is 25.9 Å². The fourth-order valence-electron chi connectivity index (χ4n) is 2.46. The lowest BCUT2D eigenvalue weighted by Gasteiger charge is -2.33. The smallest absolute Gasteiger partial charge is 0.407 e. The highest BCUT2D eigenvalue weighted by atomic mass is 16.6. The Morgan fingerprint density at radius 3 is 2.64 bits per heavy atom. The van der Waals surface area contributed by atoms with Crippen molar-refractivity contribution in [2.75, 3.05) is 32.1 Å². The molecule has 2 rings (SSSR count). The van der Waals surface area contributed by atoms with Gasteiger partial charge in [0.2, 0.25) is 0 Å². The van der Waals surface area contributed by atoms with Crippen LogP contribution in [-0.2, 0) is 4.74 Å². The normalized spacial score (nSPS) is 15.3. The number of alkyl carbamates (subject to hydrolysis) is 1. The molecule has 120 valence electrons. The van der Waals surface area contributed by atoms with E-state index in [-0.39, 0.29) is 17.5 Å². The minimum absolute atomic E-state index is 0.0518. The highest BCUT2D eigenvalue weighted by molar-refractivity contribution is 5.67. The Morgan fingerprint density at radius 1 is 1.41 bits per heavy atom. The lowest BCUT2D eigenvalue weighted by molar-refractivity contribution is -0.385. The second kappa shape index (κ2) is 6.97. The monoisotopic (exact) mass is 309 g/mol. The van der Waals surface area contributed by atoms with E-state index in [9.17, 15) is 14.9 Å². The van der Waals surface area contributed by atoms with Crippen LogP contribution in [0.2, 0.25) is 0 Å². The number of benzene rings is 1. The Kier molecular flexibility index (Phi) is 5.03. The van der Waals surface area contributed by atoms with Crippen LogP contribution >= 0.6 is 0 Å². The third-order valence-electron chi connectivity index (χ3n) is 3.64. The molecule has 1 N–H and O–H groups in total. The van der Waals surface area contributed by atoms with Gasteiger partial charge >= 0.3 is 11.8 Å². The number of hydrogen-bond donors (Lipinski definition) is 1. The summed E-state index contributed by atoms with van der Waals surface area (Å²) in [6, 6.07) is 4.82. The molecule has 0 spiro atoms. The Balaban J connectivity index is 2.02. The van der Waals surface area contributed by atoms with Crippen molar-refractivity contribution in [1.29, 1.82) is 0 Å². The van der Waals surface area contributed by atoms with Crippen molar-refractivity contribution in [3.63, 3.8) is 0 Å². The van der Waals surface area contributed by atoms with Crippen LogP contribution in [0.4, 0.5) is 16.2 Å². The summed E-state index contributed by atoms with van der Waals surface area (Å²) in [5, 5.41) is 13.3. The molecule has 0 radical (unpaired) electrons. The second-order valence-corrected chi connectivity index (χ2v) is 4.95. The van der Waals surface area contributed by atoms with Gasteiger partial charge in [0.05, 0.1) is 12.0 Å². The van der Waals surface area contributed by atoms with Gasteiger partial charge in [-0.05, 0) is 6.07 Å². The highest BCUT2D eigenvalue weighted by Gasteiger charge is 2.24. The number of nitro benzene ring substituents is 1. The first-order valence-electron chi connectivity index (χ1n) is 7.01. The van der Waals surface area contributed by atoms with E-state index in [1.807, 2.05) is 0 Å². The average molecular weight is 309 g/mol. The van der Waals surface area contributed by atoms with Gasteiger partial charge in [0.1, 0.15) is 6.10 Å². The van der Waals surface area contributed by atoms with E-state index in [2.05, 4.69) is 10.2 Å². The zero-order valence-corrected chi connectivity index (χ0v) is 12.6. The number of carbonyl (C=O) groups is 1. The van der Waals surface area contributed by atoms with Crippen molar-refractivity contribution in [3.05, 3.63) is 28.3 Å². The Bertz CT molecular complexity index is 555. The summed E-state index contributed by atoms with van der Waals surface area (Å²) >= 11 is 0. The SMILES string of the molecule is CNC(=O)OC1CCN(c2ccc([N+](=O)[O-])c(OC)c2)CC1. The molecule has 0 aromatic heterocycles. The maximum absolute atomic E-state index is 11.2. The van der Waals surface area contributed by atoms with Crippen molar-refractivity contribution in [2.45, 2.75) is 18.9 Å². The number of hydrogen-bond acceptors (Lipinski definition) is 6. The first-order chi connectivity index (χ1) is 10.5. The molecular weight excluding hydrogens is 290 g/mol. The number of nitrogens with zero attached hydrogens (tertiary/aromatic N) is 2. The highest BCUT2D eigenvalue weighted by Crippen LogP contribution is 2.32. The standard InChI is InChI=1S/C14H19N3O5/c1-15-14(18)22-11-5-7-16(8-6-11)10-3-4-12(17(19)20)13(9-10)21-2/h3-4,9,11H,5-8H2,1-2H3,(H,15,18). The summed E-state index contributed by atoms with van der Waals surface area (Å²) in [6.07, 6.45) is 0.908. The minimum Gasteiger partial charge on any atom is -0.490 e. The molecule has 0 bridgehead atoms. The van der Waals surface area contributed by atoms with Crippen LogP contribution in [0.3, 0.4) is 0 Å². The van der Waals surface area contributed by atoms with Crippen molar-refractivity contribution >= 4 is 17.5 Å². The summed E-state index contributed by atoms with van der Waals surface area (Å²) in [5.41, 5.74) is 0.810. The van der Waals surface area contributed by atoms with Gasteiger partial charge < -0.3 is 19.7 Å². The van der Waals surface area contributed by atoms with E-state index in [1.54, 1.807) is 12.1 Å². The quantitative estimate of drug-likeness (QED) is 0.674.